The first-order chi connectivity index (χ1) is 10.7. The van der Waals surface area contributed by atoms with Crippen LogP contribution >= 0.6 is 11.6 Å². The van der Waals surface area contributed by atoms with Crippen LogP contribution in [0.4, 0.5) is 0 Å². The molecule has 1 unspecified atom stereocenters. The van der Waals surface area contributed by atoms with E-state index in [1.807, 2.05) is 12.1 Å². The largest absolute Gasteiger partial charge is 0.378 e. The number of halogens is 1. The van der Waals surface area contributed by atoms with E-state index in [0.29, 0.717) is 17.1 Å². The molecular formula is C17H17ClN2O2. The molecule has 0 spiro atoms. The summed E-state index contributed by atoms with van der Waals surface area (Å²) in [5.74, 6) is -0.299. The highest BCUT2D eigenvalue weighted by Gasteiger charge is 2.36. The predicted molar refractivity (Wildman–Crippen MR) is 84.2 cm³/mol. The van der Waals surface area contributed by atoms with Gasteiger partial charge in [0.15, 0.2) is 6.10 Å². The van der Waals surface area contributed by atoms with Gasteiger partial charge in [0.2, 0.25) is 0 Å². The van der Waals surface area contributed by atoms with Crippen molar-refractivity contribution in [2.75, 3.05) is 0 Å². The molecule has 1 fully saturated rings. The van der Waals surface area contributed by atoms with Gasteiger partial charge in [0.25, 0.3) is 5.91 Å². The number of aliphatic hydroxyl groups is 1. The summed E-state index contributed by atoms with van der Waals surface area (Å²) in [6.07, 6.45) is 4.14. The van der Waals surface area contributed by atoms with Crippen LogP contribution in [0.2, 0.25) is 5.02 Å². The maximum atomic E-state index is 12.7. The number of carbonyl (C=O) groups is 1. The minimum Gasteiger partial charge on any atom is -0.378 e. The van der Waals surface area contributed by atoms with Gasteiger partial charge >= 0.3 is 0 Å². The number of amides is 1. The number of nitrogens with zero attached hydrogens (tertiary/aromatic N) is 2. The van der Waals surface area contributed by atoms with Crippen molar-refractivity contribution < 1.29 is 9.90 Å². The summed E-state index contributed by atoms with van der Waals surface area (Å²) >= 11 is 6.08. The fourth-order valence-corrected chi connectivity index (χ4v) is 2.68. The molecule has 1 aliphatic rings. The number of hydrogen-bond donors (Lipinski definition) is 1. The second-order valence-electron chi connectivity index (χ2n) is 5.48. The highest BCUT2D eigenvalue weighted by atomic mass is 35.5. The van der Waals surface area contributed by atoms with Crippen molar-refractivity contribution in [1.29, 1.82) is 0 Å². The molecular weight excluding hydrogens is 300 g/mol. The van der Waals surface area contributed by atoms with E-state index in [-0.39, 0.29) is 11.9 Å². The zero-order chi connectivity index (χ0) is 15.5. The van der Waals surface area contributed by atoms with E-state index in [1.165, 1.54) is 0 Å². The molecule has 1 saturated carbocycles. The van der Waals surface area contributed by atoms with E-state index in [1.54, 1.807) is 41.6 Å². The number of hydrogen-bond acceptors (Lipinski definition) is 3. The van der Waals surface area contributed by atoms with E-state index in [9.17, 15) is 9.90 Å². The molecule has 0 bridgehead atoms. The third-order valence-corrected chi connectivity index (χ3v) is 4.15. The molecule has 1 aromatic heterocycles. The van der Waals surface area contributed by atoms with Crippen LogP contribution in [0.25, 0.3) is 0 Å². The molecule has 3 rings (SSSR count). The second kappa shape index (κ2) is 6.46. The Bertz CT molecular complexity index is 659. The number of rotatable bonds is 5. The van der Waals surface area contributed by atoms with Crippen molar-refractivity contribution in [2.24, 2.45) is 0 Å². The van der Waals surface area contributed by atoms with Crippen LogP contribution in [-0.4, -0.2) is 26.9 Å². The standard InChI is InChI=1S/C17H17ClN2O2/c18-15-4-2-1-3-14(15)16(21)17(22)20(13-5-6-13)11-12-7-9-19-10-8-12/h1-4,7-10,13,16,21H,5-6,11H2. The molecule has 22 heavy (non-hydrogen) atoms. The van der Waals surface area contributed by atoms with Gasteiger partial charge in [0, 0.05) is 35.6 Å². The van der Waals surface area contributed by atoms with Gasteiger partial charge in [-0.3, -0.25) is 9.78 Å². The molecule has 0 saturated heterocycles. The van der Waals surface area contributed by atoms with E-state index in [4.69, 9.17) is 11.6 Å². The molecule has 0 radical (unpaired) electrons. The molecule has 1 aliphatic carbocycles. The predicted octanol–water partition coefficient (Wildman–Crippen LogP) is 2.96. The minimum atomic E-state index is -1.23. The van der Waals surface area contributed by atoms with Crippen LogP contribution in [0.15, 0.2) is 48.8 Å². The molecule has 114 valence electrons. The number of benzene rings is 1. The van der Waals surface area contributed by atoms with Crippen molar-refractivity contribution in [3.8, 4) is 0 Å². The Kier molecular flexibility index (Phi) is 4.41. The molecule has 0 aliphatic heterocycles. The van der Waals surface area contributed by atoms with Crippen molar-refractivity contribution in [1.82, 2.24) is 9.88 Å². The first kappa shape index (κ1) is 15.0. The number of aliphatic hydroxyl groups excluding tert-OH is 1. The highest BCUT2D eigenvalue weighted by Crippen LogP contribution is 2.32. The van der Waals surface area contributed by atoms with Gasteiger partial charge in [-0.2, -0.15) is 0 Å². The van der Waals surface area contributed by atoms with Crippen LogP contribution < -0.4 is 0 Å². The third kappa shape index (κ3) is 3.29. The van der Waals surface area contributed by atoms with E-state index in [2.05, 4.69) is 4.98 Å². The van der Waals surface area contributed by atoms with Crippen LogP contribution in [0, 0.1) is 0 Å². The zero-order valence-electron chi connectivity index (χ0n) is 12.0. The summed E-state index contributed by atoms with van der Waals surface area (Å²) in [4.78, 5) is 18.4. The molecule has 4 nitrogen and oxygen atoms in total. The van der Waals surface area contributed by atoms with E-state index in [0.717, 1.165) is 18.4 Å². The van der Waals surface area contributed by atoms with Gasteiger partial charge < -0.3 is 10.0 Å². The normalized spacial score (nSPS) is 15.4. The van der Waals surface area contributed by atoms with Crippen molar-refractivity contribution >= 4 is 17.5 Å². The van der Waals surface area contributed by atoms with Crippen LogP contribution in [-0.2, 0) is 11.3 Å². The number of aromatic nitrogens is 1. The molecule has 2 aromatic rings. The van der Waals surface area contributed by atoms with Crippen molar-refractivity contribution in [2.45, 2.75) is 31.5 Å². The Balaban J connectivity index is 1.80. The van der Waals surface area contributed by atoms with Gasteiger partial charge in [0.05, 0.1) is 0 Å². The van der Waals surface area contributed by atoms with Gasteiger partial charge in [-0.05, 0) is 36.6 Å². The fraction of sp³-hybridized carbons (Fsp3) is 0.294. The Morgan fingerprint density at radius 3 is 2.59 bits per heavy atom. The number of carbonyl (C=O) groups excluding carboxylic acids is 1. The molecule has 1 N–H and O–H groups in total. The summed E-state index contributed by atoms with van der Waals surface area (Å²) in [7, 11) is 0. The monoisotopic (exact) mass is 316 g/mol. The first-order valence-corrected chi connectivity index (χ1v) is 7.66. The second-order valence-corrected chi connectivity index (χ2v) is 5.88. The maximum Gasteiger partial charge on any atom is 0.256 e. The van der Waals surface area contributed by atoms with Crippen molar-refractivity contribution in [3.63, 3.8) is 0 Å². The van der Waals surface area contributed by atoms with Gasteiger partial charge in [-0.15, -0.1) is 0 Å². The SMILES string of the molecule is O=C(C(O)c1ccccc1Cl)N(Cc1ccncc1)C1CC1. The summed E-state index contributed by atoms with van der Waals surface area (Å²) in [6, 6.07) is 10.9. The van der Waals surface area contributed by atoms with Gasteiger partial charge in [0.1, 0.15) is 0 Å². The topological polar surface area (TPSA) is 53.4 Å². The van der Waals surface area contributed by atoms with Gasteiger partial charge in [-0.25, -0.2) is 0 Å². The smallest absolute Gasteiger partial charge is 0.256 e. The Hall–Kier alpha value is -1.91. The maximum absolute atomic E-state index is 12.7. The Labute approximate surface area is 134 Å². The number of pyridine rings is 1. The van der Waals surface area contributed by atoms with Crippen LogP contribution in [0.3, 0.4) is 0 Å². The summed E-state index contributed by atoms with van der Waals surface area (Å²) < 4.78 is 0. The zero-order valence-corrected chi connectivity index (χ0v) is 12.8. The fourth-order valence-electron chi connectivity index (χ4n) is 2.45. The molecule has 1 amide bonds. The summed E-state index contributed by atoms with van der Waals surface area (Å²) in [5.41, 5.74) is 1.45. The van der Waals surface area contributed by atoms with Crippen LogP contribution in [0.5, 0.6) is 0 Å². The van der Waals surface area contributed by atoms with E-state index < -0.39 is 6.10 Å². The first-order valence-electron chi connectivity index (χ1n) is 7.28. The third-order valence-electron chi connectivity index (χ3n) is 3.81. The molecule has 1 aromatic carbocycles. The van der Waals surface area contributed by atoms with Gasteiger partial charge in [-0.1, -0.05) is 29.8 Å². The van der Waals surface area contributed by atoms with E-state index >= 15 is 0 Å². The lowest BCUT2D eigenvalue weighted by Gasteiger charge is -2.25. The highest BCUT2D eigenvalue weighted by molar-refractivity contribution is 6.31. The molecule has 5 heteroatoms. The average molecular weight is 317 g/mol. The molecule has 1 heterocycles. The lowest BCUT2D eigenvalue weighted by atomic mass is 10.1. The quantitative estimate of drug-likeness (QED) is 0.922. The summed E-state index contributed by atoms with van der Waals surface area (Å²) in [6.45, 7) is 0.480. The summed E-state index contributed by atoms with van der Waals surface area (Å²) in [5, 5.41) is 10.8. The Morgan fingerprint density at radius 2 is 1.95 bits per heavy atom. The lowest BCUT2D eigenvalue weighted by molar-refractivity contribution is -0.141. The van der Waals surface area contributed by atoms with Crippen LogP contribution in [0.1, 0.15) is 30.1 Å². The van der Waals surface area contributed by atoms with Crippen molar-refractivity contribution in [3.05, 3.63) is 64.9 Å². The minimum absolute atomic E-state index is 0.206. The average Bonchev–Trinajstić information content (AvgIpc) is 3.37. The lowest BCUT2D eigenvalue weighted by Crippen LogP contribution is -2.36. The molecule has 1 atom stereocenters. The Morgan fingerprint density at radius 1 is 1.27 bits per heavy atom.